The van der Waals surface area contributed by atoms with E-state index in [1.807, 2.05) is 55.5 Å². The maximum absolute atomic E-state index is 12.6. The maximum Gasteiger partial charge on any atom is 0.326 e. The summed E-state index contributed by atoms with van der Waals surface area (Å²) in [6.45, 7) is 2.40. The summed E-state index contributed by atoms with van der Waals surface area (Å²) in [5, 5.41) is 9.51. The standard InChI is InChI=1S/C20H21NO3/c1-14-6-8-15(9-7-14)10-11-19(22)21-13-17-5-3-2-4-16(17)12-18(21)20(23)24/h2-9,18H,10-13H2,1H3,(H,23,24). The summed E-state index contributed by atoms with van der Waals surface area (Å²) in [6, 6.07) is 15.1. The van der Waals surface area contributed by atoms with E-state index in [0.717, 1.165) is 16.7 Å². The van der Waals surface area contributed by atoms with Gasteiger partial charge in [-0.1, -0.05) is 54.1 Å². The number of fused-ring (bicyclic) bond motifs is 1. The zero-order valence-electron chi connectivity index (χ0n) is 13.7. The SMILES string of the molecule is Cc1ccc(CCC(=O)N2Cc3ccccc3CC2C(=O)O)cc1. The van der Waals surface area contributed by atoms with Gasteiger partial charge < -0.3 is 10.0 Å². The van der Waals surface area contributed by atoms with Gasteiger partial charge in [-0.25, -0.2) is 4.79 Å². The second kappa shape index (κ2) is 6.87. The third-order valence-electron chi connectivity index (χ3n) is 4.60. The quantitative estimate of drug-likeness (QED) is 0.941. The van der Waals surface area contributed by atoms with Crippen LogP contribution in [-0.4, -0.2) is 27.9 Å². The van der Waals surface area contributed by atoms with Gasteiger partial charge >= 0.3 is 5.97 Å². The monoisotopic (exact) mass is 323 g/mol. The van der Waals surface area contributed by atoms with E-state index in [9.17, 15) is 14.7 Å². The van der Waals surface area contributed by atoms with Gasteiger partial charge in [0.1, 0.15) is 6.04 Å². The van der Waals surface area contributed by atoms with Gasteiger partial charge in [0, 0.05) is 19.4 Å². The molecule has 1 unspecified atom stereocenters. The molecule has 0 radical (unpaired) electrons. The van der Waals surface area contributed by atoms with Crippen LogP contribution in [0.5, 0.6) is 0 Å². The highest BCUT2D eigenvalue weighted by molar-refractivity contribution is 5.84. The van der Waals surface area contributed by atoms with Crippen LogP contribution in [0.3, 0.4) is 0 Å². The minimum atomic E-state index is -0.937. The zero-order valence-corrected chi connectivity index (χ0v) is 13.7. The van der Waals surface area contributed by atoms with Crippen molar-refractivity contribution in [1.82, 2.24) is 4.90 Å². The van der Waals surface area contributed by atoms with E-state index >= 15 is 0 Å². The van der Waals surface area contributed by atoms with Gasteiger partial charge in [-0.15, -0.1) is 0 Å². The molecule has 1 aliphatic heterocycles. The van der Waals surface area contributed by atoms with E-state index < -0.39 is 12.0 Å². The first-order valence-electron chi connectivity index (χ1n) is 8.19. The van der Waals surface area contributed by atoms with Gasteiger partial charge in [-0.05, 0) is 30.0 Å². The Bertz CT molecular complexity index is 752. The fraction of sp³-hybridized carbons (Fsp3) is 0.300. The van der Waals surface area contributed by atoms with Crippen molar-refractivity contribution in [2.24, 2.45) is 0 Å². The second-order valence-electron chi connectivity index (χ2n) is 6.33. The molecule has 0 bridgehead atoms. The summed E-state index contributed by atoms with van der Waals surface area (Å²) in [5.74, 6) is -1.04. The fourth-order valence-electron chi connectivity index (χ4n) is 3.16. The number of amides is 1. The van der Waals surface area contributed by atoms with E-state index in [0.29, 0.717) is 25.8 Å². The average Bonchev–Trinajstić information content (AvgIpc) is 2.59. The molecule has 0 fully saturated rings. The molecule has 2 aromatic carbocycles. The molecule has 2 aromatic rings. The molecule has 1 heterocycles. The summed E-state index contributed by atoms with van der Waals surface area (Å²) in [6.07, 6.45) is 1.33. The summed E-state index contributed by atoms with van der Waals surface area (Å²) in [4.78, 5) is 25.7. The molecule has 0 saturated carbocycles. The lowest BCUT2D eigenvalue weighted by molar-refractivity contribution is -0.151. The van der Waals surface area contributed by atoms with Crippen molar-refractivity contribution in [3.05, 3.63) is 70.8 Å². The first-order valence-corrected chi connectivity index (χ1v) is 8.19. The molecule has 0 aliphatic carbocycles. The summed E-state index contributed by atoms with van der Waals surface area (Å²) >= 11 is 0. The van der Waals surface area contributed by atoms with Crippen molar-refractivity contribution < 1.29 is 14.7 Å². The highest BCUT2D eigenvalue weighted by atomic mass is 16.4. The number of aliphatic carboxylic acids is 1. The fourth-order valence-corrected chi connectivity index (χ4v) is 3.16. The van der Waals surface area contributed by atoms with Crippen LogP contribution in [0.25, 0.3) is 0 Å². The van der Waals surface area contributed by atoms with Crippen LogP contribution in [0, 0.1) is 6.92 Å². The van der Waals surface area contributed by atoms with Crippen LogP contribution in [-0.2, 0) is 29.0 Å². The molecule has 4 heteroatoms. The number of rotatable bonds is 4. The molecule has 0 aromatic heterocycles. The molecule has 124 valence electrons. The first-order chi connectivity index (χ1) is 11.5. The van der Waals surface area contributed by atoms with Crippen molar-refractivity contribution in [3.8, 4) is 0 Å². The van der Waals surface area contributed by atoms with Crippen molar-refractivity contribution in [2.75, 3.05) is 0 Å². The minimum Gasteiger partial charge on any atom is -0.480 e. The zero-order chi connectivity index (χ0) is 17.1. The summed E-state index contributed by atoms with van der Waals surface area (Å²) in [7, 11) is 0. The number of hydrogen-bond donors (Lipinski definition) is 1. The highest BCUT2D eigenvalue weighted by Gasteiger charge is 2.33. The third kappa shape index (κ3) is 3.48. The lowest BCUT2D eigenvalue weighted by Gasteiger charge is -2.34. The summed E-state index contributed by atoms with van der Waals surface area (Å²) in [5.41, 5.74) is 4.34. The molecule has 1 N–H and O–H groups in total. The first kappa shape index (κ1) is 16.2. The predicted octanol–water partition coefficient (Wildman–Crippen LogP) is 2.97. The lowest BCUT2D eigenvalue weighted by Crippen LogP contribution is -2.48. The Morgan fingerprint density at radius 3 is 2.42 bits per heavy atom. The molecule has 1 atom stereocenters. The average molecular weight is 323 g/mol. The van der Waals surface area contributed by atoms with Gasteiger partial charge in [0.2, 0.25) is 5.91 Å². The van der Waals surface area contributed by atoms with Gasteiger partial charge in [-0.2, -0.15) is 0 Å². The lowest BCUT2D eigenvalue weighted by atomic mass is 9.93. The minimum absolute atomic E-state index is 0.0996. The van der Waals surface area contributed by atoms with Crippen LogP contribution >= 0.6 is 0 Å². The predicted molar refractivity (Wildman–Crippen MR) is 91.6 cm³/mol. The number of carboxylic acids is 1. The Morgan fingerprint density at radius 2 is 1.75 bits per heavy atom. The number of carbonyl (C=O) groups excluding carboxylic acids is 1. The Kier molecular flexibility index (Phi) is 4.65. The van der Waals surface area contributed by atoms with Crippen molar-refractivity contribution in [3.63, 3.8) is 0 Å². The molecular formula is C20H21NO3. The second-order valence-corrected chi connectivity index (χ2v) is 6.33. The van der Waals surface area contributed by atoms with E-state index in [4.69, 9.17) is 0 Å². The molecule has 0 saturated heterocycles. The van der Waals surface area contributed by atoms with Crippen molar-refractivity contribution >= 4 is 11.9 Å². The van der Waals surface area contributed by atoms with Crippen LogP contribution in [0.1, 0.15) is 28.7 Å². The van der Waals surface area contributed by atoms with Gasteiger partial charge in [0.15, 0.2) is 0 Å². The van der Waals surface area contributed by atoms with Gasteiger partial charge in [0.25, 0.3) is 0 Å². The Labute approximate surface area is 141 Å². The van der Waals surface area contributed by atoms with E-state index in [-0.39, 0.29) is 5.91 Å². The molecule has 1 amide bonds. The van der Waals surface area contributed by atoms with Crippen LogP contribution in [0.15, 0.2) is 48.5 Å². The number of carbonyl (C=O) groups is 2. The van der Waals surface area contributed by atoms with E-state index in [1.54, 1.807) is 0 Å². The molecule has 24 heavy (non-hydrogen) atoms. The van der Waals surface area contributed by atoms with Crippen LogP contribution < -0.4 is 0 Å². The Morgan fingerprint density at radius 1 is 1.08 bits per heavy atom. The largest absolute Gasteiger partial charge is 0.480 e. The molecule has 0 spiro atoms. The third-order valence-corrected chi connectivity index (χ3v) is 4.60. The molecule has 4 nitrogen and oxygen atoms in total. The normalized spacial score (nSPS) is 16.5. The summed E-state index contributed by atoms with van der Waals surface area (Å²) < 4.78 is 0. The van der Waals surface area contributed by atoms with E-state index in [2.05, 4.69) is 0 Å². The van der Waals surface area contributed by atoms with Gasteiger partial charge in [0.05, 0.1) is 0 Å². The van der Waals surface area contributed by atoms with Crippen molar-refractivity contribution in [2.45, 2.75) is 38.8 Å². The number of carboxylic acid groups (broad SMARTS) is 1. The highest BCUT2D eigenvalue weighted by Crippen LogP contribution is 2.24. The Hall–Kier alpha value is -2.62. The number of aryl methyl sites for hydroxylation is 2. The number of nitrogens with zero attached hydrogens (tertiary/aromatic N) is 1. The molecule has 3 rings (SSSR count). The van der Waals surface area contributed by atoms with E-state index in [1.165, 1.54) is 10.5 Å². The van der Waals surface area contributed by atoms with Gasteiger partial charge in [-0.3, -0.25) is 4.79 Å². The number of benzene rings is 2. The number of hydrogen-bond acceptors (Lipinski definition) is 2. The molecule has 1 aliphatic rings. The maximum atomic E-state index is 12.6. The molecular weight excluding hydrogens is 302 g/mol. The smallest absolute Gasteiger partial charge is 0.326 e. The van der Waals surface area contributed by atoms with Crippen molar-refractivity contribution in [1.29, 1.82) is 0 Å². The Balaban J connectivity index is 1.72. The topological polar surface area (TPSA) is 57.6 Å². The van der Waals surface area contributed by atoms with Crippen LogP contribution in [0.4, 0.5) is 0 Å². The van der Waals surface area contributed by atoms with Crippen LogP contribution in [0.2, 0.25) is 0 Å².